The summed E-state index contributed by atoms with van der Waals surface area (Å²) in [6.07, 6.45) is 2.57. The average Bonchev–Trinajstić information content (AvgIpc) is 2.96. The van der Waals surface area contributed by atoms with Crippen molar-refractivity contribution in [3.05, 3.63) is 41.4 Å². The van der Waals surface area contributed by atoms with Gasteiger partial charge in [0.15, 0.2) is 10.8 Å². The average molecular weight is 229 g/mol. The molecule has 1 aromatic carbocycles. The predicted octanol–water partition coefficient (Wildman–Crippen LogP) is 3.37. The molecule has 0 saturated heterocycles. The van der Waals surface area contributed by atoms with Crippen LogP contribution in [0.4, 0.5) is 0 Å². The summed E-state index contributed by atoms with van der Waals surface area (Å²) in [6.45, 7) is 0. The Labute approximate surface area is 95.4 Å². The van der Waals surface area contributed by atoms with E-state index in [0.29, 0.717) is 5.56 Å². The van der Waals surface area contributed by atoms with Crippen LogP contribution in [0.3, 0.4) is 0 Å². The highest BCUT2D eigenvalue weighted by atomic mass is 32.1. The van der Waals surface area contributed by atoms with E-state index in [0.717, 1.165) is 28.0 Å². The molecular weight excluding hydrogens is 222 g/mol. The molecule has 0 bridgehead atoms. The summed E-state index contributed by atoms with van der Waals surface area (Å²) in [5, 5.41) is 3.68. The fourth-order valence-electron chi connectivity index (χ4n) is 1.59. The minimum atomic E-state index is 0.652. The number of fused-ring (bicyclic) bond motifs is 1. The monoisotopic (exact) mass is 229 g/mol. The Balaban J connectivity index is 2.19. The van der Waals surface area contributed by atoms with Gasteiger partial charge in [0.1, 0.15) is 11.9 Å². The molecule has 0 aliphatic rings. The summed E-state index contributed by atoms with van der Waals surface area (Å²) in [5.41, 5.74) is 1.43. The smallest absolute Gasteiger partial charge is 0.164 e. The lowest BCUT2D eigenvalue weighted by Gasteiger charge is -1.88. The van der Waals surface area contributed by atoms with E-state index in [4.69, 9.17) is 4.42 Å². The third-order valence-corrected chi connectivity index (χ3v) is 3.11. The fraction of sp³-hybridized carbons (Fsp3) is 0. The first-order valence-electron chi connectivity index (χ1n) is 4.75. The van der Waals surface area contributed by atoms with Crippen LogP contribution in [0.25, 0.3) is 21.7 Å². The second-order valence-corrected chi connectivity index (χ2v) is 4.26. The molecule has 4 heteroatoms. The van der Waals surface area contributed by atoms with Gasteiger partial charge in [-0.2, -0.15) is 0 Å². The Morgan fingerprint density at radius 3 is 3.00 bits per heavy atom. The summed E-state index contributed by atoms with van der Waals surface area (Å²) in [5.74, 6) is 0.744. The van der Waals surface area contributed by atoms with E-state index >= 15 is 0 Å². The Morgan fingerprint density at radius 2 is 2.25 bits per heavy atom. The van der Waals surface area contributed by atoms with Crippen LogP contribution in [-0.2, 0) is 0 Å². The number of thiazole rings is 1. The quantitative estimate of drug-likeness (QED) is 0.633. The topological polar surface area (TPSA) is 43.1 Å². The number of nitrogens with zero attached hydrogens (tertiary/aromatic N) is 1. The van der Waals surface area contributed by atoms with Gasteiger partial charge in [0.05, 0.1) is 0 Å². The van der Waals surface area contributed by atoms with E-state index < -0.39 is 0 Å². The summed E-state index contributed by atoms with van der Waals surface area (Å²) in [4.78, 5) is 14.8. The molecule has 2 aromatic heterocycles. The molecule has 3 nitrogen and oxygen atoms in total. The number of rotatable bonds is 2. The zero-order valence-electron chi connectivity index (χ0n) is 8.21. The molecule has 0 spiro atoms. The van der Waals surface area contributed by atoms with Crippen molar-refractivity contribution in [2.45, 2.75) is 0 Å². The standard InChI is InChI=1S/C12H7NO2S/c14-7-8-1-2-10-9(5-8)6-11(15-10)12-13-3-4-16-12/h1-7H. The number of benzene rings is 1. The molecular formula is C12H7NO2S. The second kappa shape index (κ2) is 3.57. The van der Waals surface area contributed by atoms with E-state index in [-0.39, 0.29) is 0 Å². The lowest BCUT2D eigenvalue weighted by atomic mass is 10.2. The molecule has 0 saturated carbocycles. The third-order valence-electron chi connectivity index (χ3n) is 2.32. The van der Waals surface area contributed by atoms with Crippen LogP contribution < -0.4 is 0 Å². The van der Waals surface area contributed by atoms with Gasteiger partial charge in [0.25, 0.3) is 0 Å². The van der Waals surface area contributed by atoms with Gasteiger partial charge in [-0.15, -0.1) is 11.3 Å². The molecule has 0 N–H and O–H groups in total. The highest BCUT2D eigenvalue weighted by Gasteiger charge is 2.08. The molecule has 0 unspecified atom stereocenters. The number of hydrogen-bond acceptors (Lipinski definition) is 4. The summed E-state index contributed by atoms with van der Waals surface area (Å²) >= 11 is 1.53. The minimum Gasteiger partial charge on any atom is -0.454 e. The van der Waals surface area contributed by atoms with E-state index in [1.165, 1.54) is 11.3 Å². The molecule has 0 amide bonds. The van der Waals surface area contributed by atoms with Crippen LogP contribution in [0.1, 0.15) is 10.4 Å². The van der Waals surface area contributed by atoms with Crippen LogP contribution in [0.5, 0.6) is 0 Å². The van der Waals surface area contributed by atoms with Gasteiger partial charge in [0.2, 0.25) is 0 Å². The number of carbonyl (C=O) groups excluding carboxylic acids is 1. The molecule has 0 atom stereocenters. The number of aromatic nitrogens is 1. The molecule has 16 heavy (non-hydrogen) atoms. The maximum Gasteiger partial charge on any atom is 0.164 e. The van der Waals surface area contributed by atoms with Crippen molar-refractivity contribution in [3.63, 3.8) is 0 Å². The van der Waals surface area contributed by atoms with Crippen molar-refractivity contribution < 1.29 is 9.21 Å². The van der Waals surface area contributed by atoms with Crippen LogP contribution >= 0.6 is 11.3 Å². The van der Waals surface area contributed by atoms with Crippen molar-refractivity contribution in [2.75, 3.05) is 0 Å². The highest BCUT2D eigenvalue weighted by molar-refractivity contribution is 7.13. The van der Waals surface area contributed by atoms with Gasteiger partial charge >= 0.3 is 0 Å². The van der Waals surface area contributed by atoms with Crippen LogP contribution in [-0.4, -0.2) is 11.3 Å². The zero-order chi connectivity index (χ0) is 11.0. The van der Waals surface area contributed by atoms with Crippen LogP contribution in [0.2, 0.25) is 0 Å². The van der Waals surface area contributed by atoms with Gasteiger partial charge in [-0.1, -0.05) is 0 Å². The number of carbonyl (C=O) groups is 1. The molecule has 3 rings (SSSR count). The van der Waals surface area contributed by atoms with E-state index in [1.807, 2.05) is 17.5 Å². The van der Waals surface area contributed by atoms with E-state index in [1.54, 1.807) is 18.3 Å². The van der Waals surface area contributed by atoms with Crippen molar-refractivity contribution in [1.82, 2.24) is 4.98 Å². The van der Waals surface area contributed by atoms with Crippen molar-refractivity contribution >= 4 is 28.6 Å². The van der Waals surface area contributed by atoms with Gasteiger partial charge in [0, 0.05) is 22.5 Å². The Kier molecular flexibility index (Phi) is 2.08. The molecule has 2 heterocycles. The second-order valence-electron chi connectivity index (χ2n) is 3.36. The fourth-order valence-corrected chi connectivity index (χ4v) is 2.17. The SMILES string of the molecule is O=Cc1ccc2oc(-c3nccs3)cc2c1. The Hall–Kier alpha value is -1.94. The summed E-state index contributed by atoms with van der Waals surface area (Å²) < 4.78 is 5.64. The van der Waals surface area contributed by atoms with Gasteiger partial charge < -0.3 is 4.42 Å². The zero-order valence-corrected chi connectivity index (χ0v) is 9.03. The molecule has 0 aliphatic carbocycles. The van der Waals surface area contributed by atoms with Gasteiger partial charge in [-0.05, 0) is 24.3 Å². The summed E-state index contributed by atoms with van der Waals surface area (Å²) in [6, 6.07) is 7.25. The van der Waals surface area contributed by atoms with Crippen LogP contribution in [0, 0.1) is 0 Å². The third kappa shape index (κ3) is 1.44. The van der Waals surface area contributed by atoms with Gasteiger partial charge in [-0.3, -0.25) is 4.79 Å². The highest BCUT2D eigenvalue weighted by Crippen LogP contribution is 2.29. The molecule has 0 radical (unpaired) electrons. The Bertz CT molecular complexity index is 640. The lowest BCUT2D eigenvalue weighted by Crippen LogP contribution is -1.75. The normalized spacial score (nSPS) is 10.8. The number of furan rings is 1. The largest absolute Gasteiger partial charge is 0.454 e. The van der Waals surface area contributed by atoms with Crippen molar-refractivity contribution in [1.29, 1.82) is 0 Å². The number of aldehydes is 1. The first-order chi connectivity index (χ1) is 7.86. The minimum absolute atomic E-state index is 0.652. The predicted molar refractivity (Wildman–Crippen MR) is 62.7 cm³/mol. The van der Waals surface area contributed by atoms with Crippen LogP contribution in [0.15, 0.2) is 40.3 Å². The lowest BCUT2D eigenvalue weighted by molar-refractivity contribution is 0.112. The Morgan fingerprint density at radius 1 is 1.31 bits per heavy atom. The molecule has 0 fully saturated rings. The summed E-state index contributed by atoms with van der Waals surface area (Å²) in [7, 11) is 0. The number of hydrogen-bond donors (Lipinski definition) is 0. The molecule has 78 valence electrons. The van der Waals surface area contributed by atoms with Gasteiger partial charge in [-0.25, -0.2) is 4.98 Å². The maximum atomic E-state index is 10.6. The molecule has 0 aliphatic heterocycles. The maximum absolute atomic E-state index is 10.6. The van der Waals surface area contributed by atoms with E-state index in [9.17, 15) is 4.79 Å². The first kappa shape index (κ1) is 9.30. The first-order valence-corrected chi connectivity index (χ1v) is 5.63. The van der Waals surface area contributed by atoms with Crippen molar-refractivity contribution in [3.8, 4) is 10.8 Å². The van der Waals surface area contributed by atoms with Crippen molar-refractivity contribution in [2.24, 2.45) is 0 Å². The van der Waals surface area contributed by atoms with E-state index in [2.05, 4.69) is 4.98 Å². The molecule has 3 aromatic rings.